The SMILES string of the molecule is COc1ccc(OC)c([N+](=O)[O-])c1/C=C/C(=O)O. The van der Waals surface area contributed by atoms with Gasteiger partial charge in [-0.15, -0.1) is 0 Å². The summed E-state index contributed by atoms with van der Waals surface area (Å²) in [5, 5.41) is 19.6. The number of aliphatic carboxylic acids is 1. The standard InChI is InChI=1S/C11H11NO6/c1-17-8-4-5-9(18-2)11(12(15)16)7(8)3-6-10(13)14/h3-6H,1-2H3,(H,13,14)/b6-3+. The van der Waals surface area contributed by atoms with E-state index in [9.17, 15) is 14.9 Å². The molecule has 1 rings (SSSR count). The molecular weight excluding hydrogens is 242 g/mol. The molecule has 0 saturated heterocycles. The van der Waals surface area contributed by atoms with Gasteiger partial charge in [-0.05, 0) is 18.2 Å². The van der Waals surface area contributed by atoms with Crippen LogP contribution < -0.4 is 9.47 Å². The van der Waals surface area contributed by atoms with Gasteiger partial charge >= 0.3 is 11.7 Å². The van der Waals surface area contributed by atoms with Gasteiger partial charge in [0, 0.05) is 6.08 Å². The zero-order valence-corrected chi connectivity index (χ0v) is 9.75. The highest BCUT2D eigenvalue weighted by molar-refractivity contribution is 5.87. The molecule has 0 unspecified atom stereocenters. The lowest BCUT2D eigenvalue weighted by atomic mass is 10.1. The van der Waals surface area contributed by atoms with Crippen LogP contribution in [0.1, 0.15) is 5.56 Å². The van der Waals surface area contributed by atoms with E-state index in [-0.39, 0.29) is 22.7 Å². The molecule has 7 heteroatoms. The van der Waals surface area contributed by atoms with E-state index in [1.165, 1.54) is 26.4 Å². The van der Waals surface area contributed by atoms with Crippen LogP contribution >= 0.6 is 0 Å². The number of nitro groups is 1. The van der Waals surface area contributed by atoms with E-state index in [2.05, 4.69) is 0 Å². The molecule has 1 N–H and O–H groups in total. The Morgan fingerprint density at radius 2 is 1.89 bits per heavy atom. The van der Waals surface area contributed by atoms with Gasteiger partial charge in [-0.3, -0.25) is 10.1 Å². The number of rotatable bonds is 5. The van der Waals surface area contributed by atoms with Crippen LogP contribution in [0.3, 0.4) is 0 Å². The maximum absolute atomic E-state index is 11.0. The maximum atomic E-state index is 11.0. The zero-order chi connectivity index (χ0) is 13.7. The zero-order valence-electron chi connectivity index (χ0n) is 9.75. The second-order valence-corrected chi connectivity index (χ2v) is 3.16. The Balaban J connectivity index is 3.50. The van der Waals surface area contributed by atoms with Crippen LogP contribution in [0.2, 0.25) is 0 Å². The van der Waals surface area contributed by atoms with Gasteiger partial charge in [-0.25, -0.2) is 4.79 Å². The third-order valence-corrected chi connectivity index (χ3v) is 2.16. The van der Waals surface area contributed by atoms with E-state index in [0.717, 1.165) is 12.2 Å². The Hall–Kier alpha value is -2.57. The fraction of sp³-hybridized carbons (Fsp3) is 0.182. The van der Waals surface area contributed by atoms with Gasteiger partial charge < -0.3 is 14.6 Å². The number of hydrogen-bond acceptors (Lipinski definition) is 5. The van der Waals surface area contributed by atoms with Gasteiger partial charge in [-0.2, -0.15) is 0 Å². The van der Waals surface area contributed by atoms with Gasteiger partial charge in [-0.1, -0.05) is 0 Å². The summed E-state index contributed by atoms with van der Waals surface area (Å²) in [5.74, 6) is -0.986. The van der Waals surface area contributed by atoms with Crippen molar-refractivity contribution in [3.8, 4) is 11.5 Å². The fourth-order valence-electron chi connectivity index (χ4n) is 1.42. The highest BCUT2D eigenvalue weighted by atomic mass is 16.6. The first-order valence-electron chi connectivity index (χ1n) is 4.81. The normalized spacial score (nSPS) is 10.3. The largest absolute Gasteiger partial charge is 0.496 e. The molecule has 0 atom stereocenters. The number of carboxylic acids is 1. The number of methoxy groups -OCH3 is 2. The second kappa shape index (κ2) is 5.67. The number of ether oxygens (including phenoxy) is 2. The summed E-state index contributed by atoms with van der Waals surface area (Å²) in [4.78, 5) is 20.8. The van der Waals surface area contributed by atoms with Crippen LogP contribution in [0, 0.1) is 10.1 Å². The Morgan fingerprint density at radius 3 is 2.33 bits per heavy atom. The topological polar surface area (TPSA) is 98.9 Å². The monoisotopic (exact) mass is 253 g/mol. The molecule has 0 aliphatic carbocycles. The van der Waals surface area contributed by atoms with E-state index in [1.807, 2.05) is 0 Å². The van der Waals surface area contributed by atoms with Crippen molar-refractivity contribution < 1.29 is 24.3 Å². The minimum atomic E-state index is -1.21. The average Bonchev–Trinajstić information content (AvgIpc) is 2.34. The number of benzene rings is 1. The molecule has 1 aromatic carbocycles. The molecule has 0 aromatic heterocycles. The molecule has 0 saturated carbocycles. The molecule has 0 fully saturated rings. The third-order valence-electron chi connectivity index (χ3n) is 2.16. The predicted molar refractivity (Wildman–Crippen MR) is 62.9 cm³/mol. The molecule has 0 bridgehead atoms. The molecule has 96 valence electrons. The molecule has 7 nitrogen and oxygen atoms in total. The van der Waals surface area contributed by atoms with Crippen LogP contribution in [0.15, 0.2) is 18.2 Å². The van der Waals surface area contributed by atoms with Crippen molar-refractivity contribution in [3.63, 3.8) is 0 Å². The lowest BCUT2D eigenvalue weighted by Crippen LogP contribution is -1.99. The molecule has 0 aliphatic heterocycles. The van der Waals surface area contributed by atoms with Crippen molar-refractivity contribution in [2.75, 3.05) is 14.2 Å². The highest BCUT2D eigenvalue weighted by Gasteiger charge is 2.23. The van der Waals surface area contributed by atoms with E-state index in [0.29, 0.717) is 0 Å². The lowest BCUT2D eigenvalue weighted by molar-refractivity contribution is -0.386. The summed E-state index contributed by atoms with van der Waals surface area (Å²) in [6.45, 7) is 0. The van der Waals surface area contributed by atoms with E-state index < -0.39 is 10.9 Å². The Morgan fingerprint density at radius 1 is 1.33 bits per heavy atom. The molecule has 1 aromatic rings. The van der Waals surface area contributed by atoms with Crippen molar-refractivity contribution in [3.05, 3.63) is 33.9 Å². The number of nitrogens with zero attached hydrogens (tertiary/aromatic N) is 1. The van der Waals surface area contributed by atoms with Crippen LogP contribution in [-0.2, 0) is 4.79 Å². The Labute approximate surface area is 102 Å². The lowest BCUT2D eigenvalue weighted by Gasteiger charge is -2.08. The minimum absolute atomic E-state index is 0.0332. The highest BCUT2D eigenvalue weighted by Crippen LogP contribution is 2.37. The molecule has 18 heavy (non-hydrogen) atoms. The van der Waals surface area contributed by atoms with Crippen LogP contribution in [-0.4, -0.2) is 30.2 Å². The van der Waals surface area contributed by atoms with Crippen molar-refractivity contribution in [2.24, 2.45) is 0 Å². The molecule has 0 heterocycles. The maximum Gasteiger partial charge on any atom is 0.328 e. The van der Waals surface area contributed by atoms with Crippen molar-refractivity contribution >= 4 is 17.7 Å². The second-order valence-electron chi connectivity index (χ2n) is 3.16. The average molecular weight is 253 g/mol. The first-order chi connectivity index (χ1) is 8.51. The summed E-state index contributed by atoms with van der Waals surface area (Å²) in [5.41, 5.74) is -0.293. The number of hydrogen-bond donors (Lipinski definition) is 1. The van der Waals surface area contributed by atoms with Gasteiger partial charge in [0.1, 0.15) is 5.75 Å². The minimum Gasteiger partial charge on any atom is -0.496 e. The van der Waals surface area contributed by atoms with Gasteiger partial charge in [0.05, 0.1) is 24.7 Å². The summed E-state index contributed by atoms with van der Waals surface area (Å²) in [7, 11) is 2.63. The first-order valence-corrected chi connectivity index (χ1v) is 4.81. The summed E-state index contributed by atoms with van der Waals surface area (Å²) >= 11 is 0. The molecular formula is C11H11NO6. The summed E-state index contributed by atoms with van der Waals surface area (Å²) in [6.07, 6.45) is 1.89. The summed E-state index contributed by atoms with van der Waals surface area (Å²) in [6, 6.07) is 2.85. The number of carbonyl (C=O) groups is 1. The fourth-order valence-corrected chi connectivity index (χ4v) is 1.42. The van der Waals surface area contributed by atoms with Gasteiger partial charge in [0.25, 0.3) is 0 Å². The number of nitro benzene ring substituents is 1. The molecule has 0 radical (unpaired) electrons. The Bertz CT molecular complexity index is 509. The molecule has 0 spiro atoms. The quantitative estimate of drug-likeness (QED) is 0.487. The van der Waals surface area contributed by atoms with E-state index in [1.54, 1.807) is 0 Å². The van der Waals surface area contributed by atoms with Crippen molar-refractivity contribution in [2.45, 2.75) is 0 Å². The summed E-state index contributed by atoms with van der Waals surface area (Å²) < 4.78 is 9.84. The smallest absolute Gasteiger partial charge is 0.328 e. The Kier molecular flexibility index (Phi) is 4.25. The van der Waals surface area contributed by atoms with Crippen LogP contribution in [0.25, 0.3) is 6.08 Å². The third kappa shape index (κ3) is 2.76. The predicted octanol–water partition coefficient (Wildman–Crippen LogP) is 1.71. The van der Waals surface area contributed by atoms with E-state index in [4.69, 9.17) is 14.6 Å². The van der Waals surface area contributed by atoms with E-state index >= 15 is 0 Å². The van der Waals surface area contributed by atoms with Crippen molar-refractivity contribution in [1.29, 1.82) is 0 Å². The van der Waals surface area contributed by atoms with Crippen LogP contribution in [0.4, 0.5) is 5.69 Å². The molecule has 0 amide bonds. The number of carboxylic acid groups (broad SMARTS) is 1. The van der Waals surface area contributed by atoms with Gasteiger partial charge in [0.2, 0.25) is 0 Å². The first kappa shape index (κ1) is 13.5. The van der Waals surface area contributed by atoms with Crippen LogP contribution in [0.5, 0.6) is 11.5 Å². The molecule has 0 aliphatic rings. The van der Waals surface area contributed by atoms with Gasteiger partial charge in [0.15, 0.2) is 5.75 Å². The van der Waals surface area contributed by atoms with Crippen molar-refractivity contribution in [1.82, 2.24) is 0 Å².